The molecule has 1 aromatic rings. The van der Waals surface area contributed by atoms with E-state index >= 15 is 0 Å². The van der Waals surface area contributed by atoms with Gasteiger partial charge in [-0.05, 0) is 48.8 Å². The van der Waals surface area contributed by atoms with Crippen LogP contribution >= 0.6 is 27.5 Å². The number of rotatable bonds is 2. The summed E-state index contributed by atoms with van der Waals surface area (Å²) in [7, 11) is 0. The SMILES string of the molecule is CC1C(Cl)CCC1Cc1cccc(Br)c1. The second-order valence-corrected chi connectivity index (χ2v) is 6.02. The maximum Gasteiger partial charge on any atom is 0.0364 e. The van der Waals surface area contributed by atoms with Crippen molar-refractivity contribution in [1.29, 1.82) is 0 Å². The van der Waals surface area contributed by atoms with Crippen LogP contribution in [-0.2, 0) is 6.42 Å². The highest BCUT2D eigenvalue weighted by atomic mass is 79.9. The third-order valence-corrected chi connectivity index (χ3v) is 4.62. The van der Waals surface area contributed by atoms with Crippen LogP contribution in [0.3, 0.4) is 0 Å². The lowest BCUT2D eigenvalue weighted by Crippen LogP contribution is -2.13. The highest BCUT2D eigenvalue weighted by Crippen LogP contribution is 2.37. The Morgan fingerprint density at radius 1 is 1.40 bits per heavy atom. The minimum atomic E-state index is 0.391. The molecule has 1 fully saturated rings. The van der Waals surface area contributed by atoms with Gasteiger partial charge >= 0.3 is 0 Å². The van der Waals surface area contributed by atoms with E-state index in [4.69, 9.17) is 11.6 Å². The molecule has 1 aromatic carbocycles. The third kappa shape index (κ3) is 2.76. The molecular weight excluding hydrogens is 272 g/mol. The molecule has 0 heterocycles. The molecule has 2 rings (SSSR count). The Hall–Kier alpha value is -0.0100. The summed E-state index contributed by atoms with van der Waals surface area (Å²) in [4.78, 5) is 0. The fourth-order valence-corrected chi connectivity index (χ4v) is 3.23. The zero-order valence-electron chi connectivity index (χ0n) is 8.92. The van der Waals surface area contributed by atoms with Crippen molar-refractivity contribution in [3.05, 3.63) is 34.3 Å². The van der Waals surface area contributed by atoms with Gasteiger partial charge in [-0.15, -0.1) is 11.6 Å². The predicted octanol–water partition coefficient (Wildman–Crippen LogP) is 4.65. The molecule has 0 N–H and O–H groups in total. The molecule has 0 bridgehead atoms. The van der Waals surface area contributed by atoms with Crippen molar-refractivity contribution in [3.8, 4) is 0 Å². The quantitative estimate of drug-likeness (QED) is 0.695. The second kappa shape index (κ2) is 4.88. The van der Waals surface area contributed by atoms with Gasteiger partial charge in [0, 0.05) is 9.85 Å². The van der Waals surface area contributed by atoms with E-state index in [9.17, 15) is 0 Å². The van der Waals surface area contributed by atoms with Crippen LogP contribution in [0.1, 0.15) is 25.3 Å². The monoisotopic (exact) mass is 286 g/mol. The average Bonchev–Trinajstić information content (AvgIpc) is 2.50. The molecule has 3 atom stereocenters. The van der Waals surface area contributed by atoms with Crippen molar-refractivity contribution in [3.63, 3.8) is 0 Å². The molecule has 1 saturated carbocycles. The summed E-state index contributed by atoms with van der Waals surface area (Å²) < 4.78 is 1.17. The fourth-order valence-electron chi connectivity index (χ4n) is 2.45. The van der Waals surface area contributed by atoms with E-state index in [1.165, 1.54) is 29.3 Å². The smallest absolute Gasteiger partial charge is 0.0364 e. The van der Waals surface area contributed by atoms with Gasteiger partial charge in [0.2, 0.25) is 0 Å². The molecule has 0 saturated heterocycles. The summed E-state index contributed by atoms with van der Waals surface area (Å²) in [5, 5.41) is 0.391. The number of benzene rings is 1. The Morgan fingerprint density at radius 3 is 2.80 bits per heavy atom. The van der Waals surface area contributed by atoms with Crippen LogP contribution in [0.5, 0.6) is 0 Å². The zero-order valence-corrected chi connectivity index (χ0v) is 11.3. The van der Waals surface area contributed by atoms with Gasteiger partial charge in [0.1, 0.15) is 0 Å². The Kier molecular flexibility index (Phi) is 3.73. The van der Waals surface area contributed by atoms with Crippen LogP contribution in [-0.4, -0.2) is 5.38 Å². The summed E-state index contributed by atoms with van der Waals surface area (Å²) in [6, 6.07) is 8.61. The molecule has 1 aliphatic carbocycles. The van der Waals surface area contributed by atoms with Crippen LogP contribution in [0.4, 0.5) is 0 Å². The minimum absolute atomic E-state index is 0.391. The van der Waals surface area contributed by atoms with Gasteiger partial charge in [-0.3, -0.25) is 0 Å². The van der Waals surface area contributed by atoms with Crippen LogP contribution < -0.4 is 0 Å². The van der Waals surface area contributed by atoms with E-state index in [2.05, 4.69) is 47.1 Å². The van der Waals surface area contributed by atoms with Crippen molar-refractivity contribution in [2.75, 3.05) is 0 Å². The van der Waals surface area contributed by atoms with E-state index in [0.29, 0.717) is 11.3 Å². The lowest BCUT2D eigenvalue weighted by molar-refractivity contribution is 0.420. The summed E-state index contributed by atoms with van der Waals surface area (Å²) in [6.07, 6.45) is 3.63. The van der Waals surface area contributed by atoms with Crippen LogP contribution in [0.2, 0.25) is 0 Å². The molecule has 3 unspecified atom stereocenters. The maximum absolute atomic E-state index is 6.25. The first-order chi connectivity index (χ1) is 7.16. The summed E-state index contributed by atoms with van der Waals surface area (Å²) in [5.41, 5.74) is 1.42. The number of halogens is 2. The Morgan fingerprint density at radius 2 is 2.20 bits per heavy atom. The van der Waals surface area contributed by atoms with Gasteiger partial charge < -0.3 is 0 Å². The van der Waals surface area contributed by atoms with Crippen molar-refractivity contribution in [1.82, 2.24) is 0 Å². The van der Waals surface area contributed by atoms with Crippen LogP contribution in [0.15, 0.2) is 28.7 Å². The molecule has 0 aliphatic heterocycles. The van der Waals surface area contributed by atoms with Gasteiger partial charge in [0.25, 0.3) is 0 Å². The predicted molar refractivity (Wildman–Crippen MR) is 69.4 cm³/mol. The largest absolute Gasteiger partial charge is 0.123 e. The normalized spacial score (nSPS) is 30.7. The topological polar surface area (TPSA) is 0 Å². The molecule has 0 spiro atoms. The van der Waals surface area contributed by atoms with Crippen molar-refractivity contribution < 1.29 is 0 Å². The molecule has 0 aromatic heterocycles. The fraction of sp³-hybridized carbons (Fsp3) is 0.538. The van der Waals surface area contributed by atoms with Gasteiger partial charge in [-0.25, -0.2) is 0 Å². The molecule has 0 radical (unpaired) electrons. The van der Waals surface area contributed by atoms with Gasteiger partial charge in [0.05, 0.1) is 0 Å². The van der Waals surface area contributed by atoms with Gasteiger partial charge in [-0.1, -0.05) is 35.0 Å². The Balaban J connectivity index is 2.03. The van der Waals surface area contributed by atoms with Crippen molar-refractivity contribution >= 4 is 27.5 Å². The first-order valence-electron chi connectivity index (χ1n) is 5.55. The second-order valence-electron chi connectivity index (χ2n) is 4.55. The summed E-state index contributed by atoms with van der Waals surface area (Å²) >= 11 is 9.76. The summed E-state index contributed by atoms with van der Waals surface area (Å²) in [5.74, 6) is 1.42. The highest BCUT2D eigenvalue weighted by Gasteiger charge is 2.31. The maximum atomic E-state index is 6.25. The van der Waals surface area contributed by atoms with Crippen LogP contribution in [0, 0.1) is 11.8 Å². The lowest BCUT2D eigenvalue weighted by atomic mass is 9.91. The molecule has 15 heavy (non-hydrogen) atoms. The minimum Gasteiger partial charge on any atom is -0.123 e. The van der Waals surface area contributed by atoms with Crippen molar-refractivity contribution in [2.45, 2.75) is 31.6 Å². The average molecular weight is 288 g/mol. The Bertz CT molecular complexity index is 337. The Labute approximate surface area is 105 Å². The molecule has 2 heteroatoms. The standard InChI is InChI=1S/C13H16BrCl/c1-9-11(5-6-13(9)15)7-10-3-2-4-12(14)8-10/h2-4,8-9,11,13H,5-7H2,1H3. The third-order valence-electron chi connectivity index (χ3n) is 3.51. The molecule has 82 valence electrons. The van der Waals surface area contributed by atoms with Gasteiger partial charge in [-0.2, -0.15) is 0 Å². The van der Waals surface area contributed by atoms with E-state index in [0.717, 1.165) is 5.92 Å². The van der Waals surface area contributed by atoms with Crippen molar-refractivity contribution in [2.24, 2.45) is 11.8 Å². The molecule has 0 nitrogen and oxygen atoms in total. The van der Waals surface area contributed by atoms with E-state index in [-0.39, 0.29) is 0 Å². The summed E-state index contributed by atoms with van der Waals surface area (Å²) in [6.45, 7) is 2.29. The van der Waals surface area contributed by atoms with Crippen LogP contribution in [0.25, 0.3) is 0 Å². The molecular formula is C13H16BrCl. The van der Waals surface area contributed by atoms with E-state index in [1.54, 1.807) is 0 Å². The lowest BCUT2D eigenvalue weighted by Gasteiger charge is -2.17. The molecule has 1 aliphatic rings. The zero-order chi connectivity index (χ0) is 10.8. The first-order valence-corrected chi connectivity index (χ1v) is 6.78. The van der Waals surface area contributed by atoms with E-state index in [1.807, 2.05) is 0 Å². The van der Waals surface area contributed by atoms with E-state index < -0.39 is 0 Å². The number of hydrogen-bond acceptors (Lipinski definition) is 0. The number of alkyl halides is 1. The van der Waals surface area contributed by atoms with Gasteiger partial charge in [0.15, 0.2) is 0 Å². The number of hydrogen-bond donors (Lipinski definition) is 0. The molecule has 0 amide bonds. The highest BCUT2D eigenvalue weighted by molar-refractivity contribution is 9.10. The first kappa shape index (κ1) is 11.5.